The van der Waals surface area contributed by atoms with Crippen LogP contribution in [0.2, 0.25) is 0 Å². The van der Waals surface area contributed by atoms with Crippen molar-refractivity contribution >= 4 is 17.0 Å². The van der Waals surface area contributed by atoms with Gasteiger partial charge in [-0.05, 0) is 23.6 Å². The van der Waals surface area contributed by atoms with Gasteiger partial charge in [-0.2, -0.15) is 4.98 Å². The molecule has 19 heavy (non-hydrogen) atoms. The third kappa shape index (κ3) is 2.17. The molecule has 2 aromatic heterocycles. The summed E-state index contributed by atoms with van der Waals surface area (Å²) in [5.74, 6) is 1.70. The van der Waals surface area contributed by atoms with Gasteiger partial charge in [-0.25, -0.2) is 0 Å². The topological polar surface area (TPSA) is 74.2 Å². The largest absolute Gasteiger partial charge is 0.497 e. The van der Waals surface area contributed by atoms with Gasteiger partial charge in [0.25, 0.3) is 5.89 Å². The fraction of sp³-hybridized carbons (Fsp3) is 0.0769. The first-order valence-corrected chi connectivity index (χ1v) is 6.47. The van der Waals surface area contributed by atoms with Crippen molar-refractivity contribution in [2.75, 3.05) is 12.8 Å². The Hall–Kier alpha value is -2.34. The maximum Gasteiger partial charge on any atom is 0.270 e. The first-order chi connectivity index (χ1) is 9.28. The maximum absolute atomic E-state index is 5.83. The Morgan fingerprint density at radius 1 is 1.32 bits per heavy atom. The Morgan fingerprint density at radius 3 is 2.95 bits per heavy atom. The summed E-state index contributed by atoms with van der Waals surface area (Å²) in [4.78, 5) is 5.15. The molecule has 3 aromatic rings. The van der Waals surface area contributed by atoms with E-state index in [4.69, 9.17) is 15.0 Å². The van der Waals surface area contributed by atoms with Gasteiger partial charge in [0.05, 0.1) is 12.8 Å². The third-order valence-electron chi connectivity index (χ3n) is 2.64. The molecule has 0 saturated carbocycles. The van der Waals surface area contributed by atoms with Gasteiger partial charge >= 0.3 is 0 Å². The lowest BCUT2D eigenvalue weighted by molar-refractivity contribution is 0.414. The predicted octanol–water partition coefficient (Wildman–Crippen LogP) is 3.06. The number of hydrogen-bond donors (Lipinski definition) is 1. The smallest absolute Gasteiger partial charge is 0.270 e. The van der Waals surface area contributed by atoms with Crippen LogP contribution in [0.1, 0.15) is 0 Å². The molecular weight excluding hydrogens is 262 g/mol. The second-order valence-corrected chi connectivity index (χ2v) is 4.78. The molecule has 2 heterocycles. The number of methoxy groups -OCH3 is 1. The van der Waals surface area contributed by atoms with E-state index in [1.165, 1.54) is 11.3 Å². The monoisotopic (exact) mass is 273 g/mol. The van der Waals surface area contributed by atoms with Crippen LogP contribution in [0.15, 0.2) is 40.2 Å². The Morgan fingerprint density at radius 2 is 2.21 bits per heavy atom. The van der Waals surface area contributed by atoms with E-state index in [1.54, 1.807) is 7.11 Å². The van der Waals surface area contributed by atoms with Crippen LogP contribution in [0.3, 0.4) is 0 Å². The first-order valence-electron chi connectivity index (χ1n) is 5.59. The quantitative estimate of drug-likeness (QED) is 0.793. The highest BCUT2D eigenvalue weighted by Gasteiger charge is 2.14. The second-order valence-electron chi connectivity index (χ2n) is 3.86. The molecule has 0 radical (unpaired) electrons. The molecule has 0 saturated heterocycles. The van der Waals surface area contributed by atoms with Crippen molar-refractivity contribution in [3.05, 3.63) is 35.7 Å². The molecule has 6 heteroatoms. The molecule has 0 fully saturated rings. The average molecular weight is 273 g/mol. The number of nitrogens with two attached hydrogens (primary N) is 1. The molecule has 0 aliphatic heterocycles. The zero-order valence-electron chi connectivity index (χ0n) is 10.2. The van der Waals surface area contributed by atoms with Crippen molar-refractivity contribution in [2.45, 2.75) is 0 Å². The Balaban J connectivity index is 1.99. The fourth-order valence-electron chi connectivity index (χ4n) is 1.69. The van der Waals surface area contributed by atoms with Crippen LogP contribution in [0.5, 0.6) is 5.75 Å². The van der Waals surface area contributed by atoms with Crippen LogP contribution < -0.4 is 10.5 Å². The van der Waals surface area contributed by atoms with Crippen molar-refractivity contribution in [3.63, 3.8) is 0 Å². The number of nitrogen functional groups attached to an aromatic ring is 1. The lowest BCUT2D eigenvalue weighted by Gasteiger charge is -1.99. The van der Waals surface area contributed by atoms with E-state index in [-0.39, 0.29) is 0 Å². The van der Waals surface area contributed by atoms with E-state index in [0.29, 0.717) is 17.4 Å². The second kappa shape index (κ2) is 4.74. The van der Waals surface area contributed by atoms with Crippen LogP contribution in [0.4, 0.5) is 5.69 Å². The molecule has 0 aliphatic rings. The van der Waals surface area contributed by atoms with E-state index in [9.17, 15) is 0 Å². The van der Waals surface area contributed by atoms with Crippen molar-refractivity contribution in [2.24, 2.45) is 0 Å². The molecule has 3 rings (SSSR count). The lowest BCUT2D eigenvalue weighted by Crippen LogP contribution is -1.86. The summed E-state index contributed by atoms with van der Waals surface area (Å²) in [6, 6.07) is 9.31. The van der Waals surface area contributed by atoms with Gasteiger partial charge in [-0.3, -0.25) is 0 Å². The van der Waals surface area contributed by atoms with Crippen LogP contribution in [-0.4, -0.2) is 17.3 Å². The normalized spacial score (nSPS) is 10.6. The summed E-state index contributed by atoms with van der Waals surface area (Å²) in [5.41, 5.74) is 7.31. The standard InChI is InChI=1S/C13H11N3O2S/c1-17-9-4-2-3-8(7-9)12-15-13(18-16-12)11-10(14)5-6-19-11/h2-7H,14H2,1H3. The molecular formula is C13H11N3O2S. The molecule has 0 unspecified atom stereocenters. The zero-order valence-corrected chi connectivity index (χ0v) is 11.0. The van der Waals surface area contributed by atoms with E-state index in [0.717, 1.165) is 16.2 Å². The van der Waals surface area contributed by atoms with Crippen LogP contribution in [-0.2, 0) is 0 Å². The summed E-state index contributed by atoms with van der Waals surface area (Å²) in [5, 5.41) is 5.86. The molecule has 0 amide bonds. The van der Waals surface area contributed by atoms with E-state index >= 15 is 0 Å². The van der Waals surface area contributed by atoms with Gasteiger partial charge in [0, 0.05) is 5.56 Å². The summed E-state index contributed by atoms with van der Waals surface area (Å²) >= 11 is 1.47. The number of aromatic nitrogens is 2. The Bertz CT molecular complexity index is 705. The number of anilines is 1. The highest BCUT2D eigenvalue weighted by molar-refractivity contribution is 7.14. The van der Waals surface area contributed by atoms with Gasteiger partial charge in [-0.1, -0.05) is 17.3 Å². The van der Waals surface area contributed by atoms with Gasteiger partial charge in [0.15, 0.2) is 0 Å². The highest BCUT2D eigenvalue weighted by atomic mass is 32.1. The number of rotatable bonds is 3. The van der Waals surface area contributed by atoms with Gasteiger partial charge in [-0.15, -0.1) is 11.3 Å². The van der Waals surface area contributed by atoms with Crippen molar-refractivity contribution in [3.8, 4) is 27.9 Å². The molecule has 1 aromatic carbocycles. The average Bonchev–Trinajstić information content (AvgIpc) is 3.07. The third-order valence-corrected chi connectivity index (χ3v) is 3.56. The molecule has 0 bridgehead atoms. The van der Waals surface area contributed by atoms with Crippen LogP contribution >= 0.6 is 11.3 Å². The molecule has 96 valence electrons. The van der Waals surface area contributed by atoms with Crippen LogP contribution in [0, 0.1) is 0 Å². The van der Waals surface area contributed by atoms with Gasteiger partial charge in [0.2, 0.25) is 5.82 Å². The van der Waals surface area contributed by atoms with Crippen molar-refractivity contribution in [1.82, 2.24) is 10.1 Å². The number of benzene rings is 1. The SMILES string of the molecule is COc1cccc(-c2noc(-c3sccc3N)n2)c1. The van der Waals surface area contributed by atoms with Crippen LogP contribution in [0.25, 0.3) is 22.2 Å². The van der Waals surface area contributed by atoms with Gasteiger partial charge < -0.3 is 15.0 Å². The number of hydrogen-bond acceptors (Lipinski definition) is 6. The van der Waals surface area contributed by atoms with E-state index in [1.807, 2.05) is 35.7 Å². The molecule has 2 N–H and O–H groups in total. The number of nitrogens with zero attached hydrogens (tertiary/aromatic N) is 2. The van der Waals surface area contributed by atoms with Gasteiger partial charge in [0.1, 0.15) is 10.6 Å². The maximum atomic E-state index is 5.83. The Kier molecular flexibility index (Phi) is 2.92. The van der Waals surface area contributed by atoms with Crippen molar-refractivity contribution in [1.29, 1.82) is 0 Å². The molecule has 0 aliphatic carbocycles. The summed E-state index contributed by atoms with van der Waals surface area (Å²) < 4.78 is 10.4. The highest BCUT2D eigenvalue weighted by Crippen LogP contribution is 2.31. The first kappa shape index (κ1) is 11.7. The number of ether oxygens (including phenoxy) is 1. The van der Waals surface area contributed by atoms with Crippen molar-refractivity contribution < 1.29 is 9.26 Å². The molecule has 5 nitrogen and oxygen atoms in total. The Labute approximate surface area is 113 Å². The minimum atomic E-state index is 0.435. The molecule has 0 atom stereocenters. The lowest BCUT2D eigenvalue weighted by atomic mass is 10.2. The van der Waals surface area contributed by atoms with E-state index in [2.05, 4.69) is 10.1 Å². The minimum Gasteiger partial charge on any atom is -0.497 e. The zero-order chi connectivity index (χ0) is 13.2. The molecule has 0 spiro atoms. The summed E-state index contributed by atoms with van der Waals surface area (Å²) in [6.07, 6.45) is 0. The fourth-order valence-corrected chi connectivity index (χ4v) is 2.43. The summed E-state index contributed by atoms with van der Waals surface area (Å²) in [7, 11) is 1.62. The number of thiophene rings is 1. The minimum absolute atomic E-state index is 0.435. The van der Waals surface area contributed by atoms with E-state index < -0.39 is 0 Å². The predicted molar refractivity (Wildman–Crippen MR) is 74.0 cm³/mol. The summed E-state index contributed by atoms with van der Waals surface area (Å²) in [6.45, 7) is 0.